The summed E-state index contributed by atoms with van der Waals surface area (Å²) in [5, 5.41) is 6.15. The topological polar surface area (TPSA) is 41.1 Å². The van der Waals surface area contributed by atoms with Gasteiger partial charge in [-0.3, -0.25) is 4.79 Å². The fourth-order valence-corrected chi connectivity index (χ4v) is 3.18. The van der Waals surface area contributed by atoms with Crippen LogP contribution >= 0.6 is 0 Å². The van der Waals surface area contributed by atoms with E-state index in [1.54, 1.807) is 0 Å². The molecular weight excluding hydrogens is 308 g/mol. The molecule has 2 aromatic carbocycles. The molecule has 25 heavy (non-hydrogen) atoms. The van der Waals surface area contributed by atoms with Gasteiger partial charge in [-0.2, -0.15) is 0 Å². The van der Waals surface area contributed by atoms with Crippen molar-refractivity contribution >= 4 is 5.91 Å². The molecule has 2 aromatic rings. The van der Waals surface area contributed by atoms with Crippen LogP contribution in [0, 0.1) is 0 Å². The lowest BCUT2D eigenvalue weighted by molar-refractivity contribution is -0.120. The predicted molar refractivity (Wildman–Crippen MR) is 105 cm³/mol. The van der Waals surface area contributed by atoms with Gasteiger partial charge in [-0.05, 0) is 36.9 Å². The molecule has 0 aliphatic rings. The quantitative estimate of drug-likeness (QED) is 0.645. The maximum absolute atomic E-state index is 11.8. The monoisotopic (exact) mass is 338 g/mol. The van der Waals surface area contributed by atoms with Crippen LogP contribution in [0.2, 0.25) is 0 Å². The molecule has 3 heteroatoms. The molecular formula is C22H30N2O. The van der Waals surface area contributed by atoms with Gasteiger partial charge in [0.05, 0.1) is 6.54 Å². The Hall–Kier alpha value is -2.13. The molecule has 2 N–H and O–H groups in total. The van der Waals surface area contributed by atoms with E-state index in [1.165, 1.54) is 11.1 Å². The van der Waals surface area contributed by atoms with Crippen molar-refractivity contribution in [2.45, 2.75) is 38.5 Å². The summed E-state index contributed by atoms with van der Waals surface area (Å²) in [6, 6.07) is 21.3. The third-order valence-corrected chi connectivity index (χ3v) is 4.71. The molecule has 0 saturated carbocycles. The van der Waals surface area contributed by atoms with Crippen molar-refractivity contribution in [3.05, 3.63) is 71.8 Å². The van der Waals surface area contributed by atoms with Crippen molar-refractivity contribution in [2.24, 2.45) is 0 Å². The lowest BCUT2D eigenvalue weighted by atomic mass is 9.73. The zero-order valence-electron chi connectivity index (χ0n) is 15.4. The summed E-state index contributed by atoms with van der Waals surface area (Å²) >= 11 is 0. The Morgan fingerprint density at radius 3 is 2.00 bits per heavy atom. The summed E-state index contributed by atoms with van der Waals surface area (Å²) in [6.45, 7) is 6.39. The second-order valence-corrected chi connectivity index (χ2v) is 6.69. The number of nitrogens with one attached hydrogen (secondary N) is 2. The molecule has 3 nitrogen and oxygen atoms in total. The third kappa shape index (κ3) is 5.71. The SMILES string of the molecule is CCCNCC(=O)NCCCC(C)(c1ccccc1)c1ccccc1. The van der Waals surface area contributed by atoms with Crippen LogP contribution in [0.3, 0.4) is 0 Å². The molecule has 0 bridgehead atoms. The van der Waals surface area contributed by atoms with Gasteiger partial charge in [-0.1, -0.05) is 74.5 Å². The first-order chi connectivity index (χ1) is 12.2. The van der Waals surface area contributed by atoms with Crippen LogP contribution in [-0.4, -0.2) is 25.5 Å². The molecule has 0 heterocycles. The zero-order chi connectivity index (χ0) is 18.0. The van der Waals surface area contributed by atoms with Gasteiger partial charge in [0.15, 0.2) is 0 Å². The van der Waals surface area contributed by atoms with Gasteiger partial charge in [0, 0.05) is 12.0 Å². The summed E-state index contributed by atoms with van der Waals surface area (Å²) < 4.78 is 0. The Morgan fingerprint density at radius 1 is 0.920 bits per heavy atom. The molecule has 0 saturated heterocycles. The van der Waals surface area contributed by atoms with Crippen LogP contribution in [-0.2, 0) is 10.2 Å². The van der Waals surface area contributed by atoms with E-state index in [1.807, 2.05) is 0 Å². The van der Waals surface area contributed by atoms with Crippen molar-refractivity contribution in [3.63, 3.8) is 0 Å². The maximum atomic E-state index is 11.8. The van der Waals surface area contributed by atoms with Gasteiger partial charge in [-0.15, -0.1) is 0 Å². The van der Waals surface area contributed by atoms with Gasteiger partial charge in [0.2, 0.25) is 5.91 Å². The second kappa shape index (κ2) is 10.00. The largest absolute Gasteiger partial charge is 0.355 e. The Bertz CT molecular complexity index is 585. The molecule has 0 aliphatic carbocycles. The second-order valence-electron chi connectivity index (χ2n) is 6.69. The van der Waals surface area contributed by atoms with Crippen molar-refractivity contribution in [1.82, 2.24) is 10.6 Å². The van der Waals surface area contributed by atoms with E-state index < -0.39 is 0 Å². The first-order valence-electron chi connectivity index (χ1n) is 9.25. The molecule has 0 atom stereocenters. The minimum Gasteiger partial charge on any atom is -0.355 e. The smallest absolute Gasteiger partial charge is 0.233 e. The molecule has 1 amide bonds. The summed E-state index contributed by atoms with van der Waals surface area (Å²) in [5.74, 6) is 0.0783. The summed E-state index contributed by atoms with van der Waals surface area (Å²) in [5.41, 5.74) is 2.59. The highest BCUT2D eigenvalue weighted by Crippen LogP contribution is 2.36. The van der Waals surface area contributed by atoms with Crippen LogP contribution in [0.5, 0.6) is 0 Å². The number of carbonyl (C=O) groups is 1. The Balaban J connectivity index is 1.96. The fourth-order valence-electron chi connectivity index (χ4n) is 3.18. The van der Waals surface area contributed by atoms with Crippen LogP contribution in [0.25, 0.3) is 0 Å². The average Bonchev–Trinajstić information content (AvgIpc) is 2.67. The van der Waals surface area contributed by atoms with Crippen LogP contribution in [0.1, 0.15) is 44.2 Å². The number of rotatable bonds is 10. The van der Waals surface area contributed by atoms with Crippen LogP contribution in [0.4, 0.5) is 0 Å². The van der Waals surface area contributed by atoms with E-state index in [4.69, 9.17) is 0 Å². The highest BCUT2D eigenvalue weighted by Gasteiger charge is 2.28. The van der Waals surface area contributed by atoms with Crippen LogP contribution in [0.15, 0.2) is 60.7 Å². The van der Waals surface area contributed by atoms with E-state index in [-0.39, 0.29) is 11.3 Å². The van der Waals surface area contributed by atoms with Crippen molar-refractivity contribution in [3.8, 4) is 0 Å². The molecule has 2 rings (SSSR count). The first kappa shape index (κ1) is 19.2. The van der Waals surface area contributed by atoms with Gasteiger partial charge in [-0.25, -0.2) is 0 Å². The van der Waals surface area contributed by atoms with Crippen molar-refractivity contribution in [1.29, 1.82) is 0 Å². The Kier molecular flexibility index (Phi) is 7.68. The lowest BCUT2D eigenvalue weighted by Gasteiger charge is -2.31. The standard InChI is InChI=1S/C22H30N2O/c1-3-16-23-18-21(25)24-17-10-15-22(2,19-11-6-4-7-12-19)20-13-8-5-9-14-20/h4-9,11-14,23H,3,10,15-18H2,1-2H3,(H,24,25). The molecule has 0 aliphatic heterocycles. The summed E-state index contributed by atoms with van der Waals surface area (Å²) in [7, 11) is 0. The third-order valence-electron chi connectivity index (χ3n) is 4.71. The van der Waals surface area contributed by atoms with Crippen LogP contribution < -0.4 is 10.6 Å². The molecule has 0 aromatic heterocycles. The number of hydrogen-bond donors (Lipinski definition) is 2. The van der Waals surface area contributed by atoms with E-state index in [2.05, 4.69) is 85.1 Å². The summed E-state index contributed by atoms with van der Waals surface area (Å²) in [6.07, 6.45) is 2.98. The maximum Gasteiger partial charge on any atom is 0.233 e. The van der Waals surface area contributed by atoms with E-state index in [0.717, 1.165) is 25.8 Å². The highest BCUT2D eigenvalue weighted by atomic mass is 16.1. The number of carbonyl (C=O) groups excluding carboxylic acids is 1. The Labute approximate surface area is 151 Å². The molecule has 0 unspecified atom stereocenters. The molecule has 134 valence electrons. The highest BCUT2D eigenvalue weighted by molar-refractivity contribution is 5.77. The van der Waals surface area contributed by atoms with E-state index >= 15 is 0 Å². The predicted octanol–water partition coefficient (Wildman–Crippen LogP) is 3.89. The number of hydrogen-bond acceptors (Lipinski definition) is 2. The van der Waals surface area contributed by atoms with E-state index in [0.29, 0.717) is 13.1 Å². The normalized spacial score (nSPS) is 11.3. The Morgan fingerprint density at radius 2 is 1.48 bits per heavy atom. The van der Waals surface area contributed by atoms with Crippen molar-refractivity contribution in [2.75, 3.05) is 19.6 Å². The lowest BCUT2D eigenvalue weighted by Crippen LogP contribution is -2.35. The summed E-state index contributed by atoms with van der Waals surface area (Å²) in [4.78, 5) is 11.8. The van der Waals surface area contributed by atoms with Gasteiger partial charge in [0.25, 0.3) is 0 Å². The molecule has 0 spiro atoms. The minimum absolute atomic E-state index is 0.0479. The fraction of sp³-hybridized carbons (Fsp3) is 0.409. The first-order valence-corrected chi connectivity index (χ1v) is 9.25. The zero-order valence-corrected chi connectivity index (χ0v) is 15.4. The van der Waals surface area contributed by atoms with Gasteiger partial charge < -0.3 is 10.6 Å². The average molecular weight is 338 g/mol. The molecule has 0 radical (unpaired) electrons. The van der Waals surface area contributed by atoms with Crippen molar-refractivity contribution < 1.29 is 4.79 Å². The molecule has 0 fully saturated rings. The van der Waals surface area contributed by atoms with Gasteiger partial charge >= 0.3 is 0 Å². The number of benzene rings is 2. The van der Waals surface area contributed by atoms with E-state index in [9.17, 15) is 4.79 Å². The van der Waals surface area contributed by atoms with Gasteiger partial charge in [0.1, 0.15) is 0 Å². The minimum atomic E-state index is -0.0479. The number of amides is 1.